The average Bonchev–Trinajstić information content (AvgIpc) is 2.89. The Morgan fingerprint density at radius 2 is 1.97 bits per heavy atom. The van der Waals surface area contributed by atoms with E-state index in [9.17, 15) is 19.1 Å². The van der Waals surface area contributed by atoms with Crippen molar-refractivity contribution < 1.29 is 23.5 Å². The number of aliphatic hydroxyl groups is 1. The van der Waals surface area contributed by atoms with E-state index in [0.717, 1.165) is 0 Å². The van der Waals surface area contributed by atoms with Crippen LogP contribution in [0.15, 0.2) is 36.7 Å². The van der Waals surface area contributed by atoms with Gasteiger partial charge in [0.1, 0.15) is 17.2 Å². The second kappa shape index (κ2) is 11.4. The van der Waals surface area contributed by atoms with E-state index < -0.39 is 17.7 Å². The smallest absolute Gasteiger partial charge is 0.246 e. The molecule has 2 aromatic rings. The zero-order valence-corrected chi connectivity index (χ0v) is 21.9. The van der Waals surface area contributed by atoms with Gasteiger partial charge < -0.3 is 25.1 Å². The number of nitrogens with one attached hydrogen (secondary N) is 1. The Morgan fingerprint density at radius 1 is 1.26 bits per heavy atom. The van der Waals surface area contributed by atoms with Crippen molar-refractivity contribution in [2.24, 2.45) is 0 Å². The van der Waals surface area contributed by atoms with Crippen molar-refractivity contribution in [1.29, 1.82) is 0 Å². The average molecular weight is 547 g/mol. The Balaban J connectivity index is 1.79. The molecule has 9 nitrogen and oxygen atoms in total. The van der Waals surface area contributed by atoms with Crippen LogP contribution in [0.25, 0.3) is 16.5 Å². The fraction of sp³-hybridized carbons (Fsp3) is 0.385. The highest BCUT2D eigenvalue weighted by Crippen LogP contribution is 2.40. The Kier molecular flexibility index (Phi) is 8.27. The van der Waals surface area contributed by atoms with E-state index in [4.69, 9.17) is 11.6 Å². The molecular formula is C26H29ClF2N6O3. The van der Waals surface area contributed by atoms with Crippen LogP contribution in [0.4, 0.5) is 20.5 Å². The normalized spacial score (nSPS) is 17.7. The van der Waals surface area contributed by atoms with E-state index in [1.807, 2.05) is 4.90 Å². The summed E-state index contributed by atoms with van der Waals surface area (Å²) in [6, 6.07) is 1.47. The van der Waals surface area contributed by atoms with Crippen molar-refractivity contribution in [1.82, 2.24) is 19.8 Å². The van der Waals surface area contributed by atoms with Crippen LogP contribution in [-0.2, 0) is 9.59 Å². The summed E-state index contributed by atoms with van der Waals surface area (Å²) in [5.74, 6) is -1.49. The lowest BCUT2D eigenvalue weighted by molar-refractivity contribution is -0.128. The maximum Gasteiger partial charge on any atom is 0.246 e. The molecule has 2 aliphatic rings. The predicted molar refractivity (Wildman–Crippen MR) is 143 cm³/mol. The molecule has 4 rings (SSSR count). The van der Waals surface area contributed by atoms with Crippen molar-refractivity contribution in [2.45, 2.75) is 18.9 Å². The number of carbonyl (C=O) groups excluding carboxylic acids is 2. The number of benzene rings is 1. The number of allylic oxidation sites excluding steroid dienone is 2. The molecule has 1 atom stereocenters. The number of aromatic nitrogens is 2. The third kappa shape index (κ3) is 5.48. The first-order chi connectivity index (χ1) is 18.1. The number of anilines is 2. The molecule has 2 N–H and O–H groups in total. The Hall–Kier alpha value is -3.57. The number of halogens is 3. The number of piperazine rings is 1. The maximum atomic E-state index is 16.1. The van der Waals surface area contributed by atoms with Crippen LogP contribution in [0.2, 0.25) is 5.02 Å². The van der Waals surface area contributed by atoms with Gasteiger partial charge in [-0.1, -0.05) is 24.3 Å². The van der Waals surface area contributed by atoms with Gasteiger partial charge in [0.2, 0.25) is 17.8 Å². The molecule has 1 fully saturated rings. The van der Waals surface area contributed by atoms with E-state index in [2.05, 4.69) is 21.9 Å². The van der Waals surface area contributed by atoms with Crippen LogP contribution in [0.5, 0.6) is 0 Å². The van der Waals surface area contributed by atoms with Gasteiger partial charge in [0.15, 0.2) is 5.82 Å². The highest BCUT2D eigenvalue weighted by Gasteiger charge is 2.29. The van der Waals surface area contributed by atoms with E-state index in [0.29, 0.717) is 37.4 Å². The topological polar surface area (TPSA) is 102 Å². The molecular weight excluding hydrogens is 518 g/mol. The molecule has 1 aliphatic carbocycles. The van der Waals surface area contributed by atoms with Crippen LogP contribution in [0, 0.1) is 5.82 Å². The Bertz CT molecular complexity index is 1340. The molecule has 202 valence electrons. The van der Waals surface area contributed by atoms with Gasteiger partial charge in [-0.25, -0.2) is 13.8 Å². The molecule has 1 aliphatic heterocycles. The van der Waals surface area contributed by atoms with E-state index in [-0.39, 0.29) is 58.8 Å². The van der Waals surface area contributed by atoms with Crippen LogP contribution < -0.4 is 10.2 Å². The van der Waals surface area contributed by atoms with Gasteiger partial charge in [-0.05, 0) is 24.6 Å². The maximum absolute atomic E-state index is 16.1. The largest absolute Gasteiger partial charge is 0.388 e. The summed E-state index contributed by atoms with van der Waals surface area (Å²) < 4.78 is 30.8. The lowest BCUT2D eigenvalue weighted by Gasteiger charge is -2.35. The first-order valence-corrected chi connectivity index (χ1v) is 12.5. The summed E-state index contributed by atoms with van der Waals surface area (Å²) in [4.78, 5) is 38.0. The molecule has 1 saturated heterocycles. The van der Waals surface area contributed by atoms with Crippen molar-refractivity contribution in [3.63, 3.8) is 0 Å². The van der Waals surface area contributed by atoms with Crippen LogP contribution in [0.1, 0.15) is 18.4 Å². The van der Waals surface area contributed by atoms with Crippen LogP contribution in [0.3, 0.4) is 0 Å². The molecule has 38 heavy (non-hydrogen) atoms. The zero-order chi connectivity index (χ0) is 27.6. The third-order valence-electron chi connectivity index (χ3n) is 6.53. The Labute approximate surface area is 224 Å². The van der Waals surface area contributed by atoms with Crippen molar-refractivity contribution >= 4 is 51.7 Å². The second-order valence-corrected chi connectivity index (χ2v) is 9.62. The number of aliphatic hydroxyl groups excluding tert-OH is 1. The standard InChI is InChI=1S/C26H29ClF2N6O3/c1-4-19(37)34-10-12-35(13-11-34)25-15-14-16(27)21(22-17(28)6-5-7-18(22)36)23(29)24(15)31-26(32-25)30-9-8-20(38)33(2)3/h4-6,14,18,36H,1,7-13H2,2-3H3,(H,30,31,32)/t18-/m0/s1. The summed E-state index contributed by atoms with van der Waals surface area (Å²) >= 11 is 6.48. The number of hydrogen-bond donors (Lipinski definition) is 2. The number of fused-ring (bicyclic) bond motifs is 1. The van der Waals surface area contributed by atoms with Crippen LogP contribution in [-0.4, -0.2) is 89.6 Å². The number of carbonyl (C=O) groups is 2. The monoisotopic (exact) mass is 546 g/mol. The molecule has 0 unspecified atom stereocenters. The molecule has 1 aromatic carbocycles. The fourth-order valence-corrected chi connectivity index (χ4v) is 4.77. The van der Waals surface area contributed by atoms with Gasteiger partial charge in [-0.15, -0.1) is 0 Å². The number of rotatable bonds is 7. The SMILES string of the molecule is C=CC(=O)N1CCN(c2nc(NCCC(=O)N(C)C)nc3c(F)c(C4=C(F)C=CC[C@@H]4O)c(Cl)cc23)CC1. The minimum Gasteiger partial charge on any atom is -0.388 e. The minimum absolute atomic E-state index is 0.0781. The van der Waals surface area contributed by atoms with Gasteiger partial charge in [-0.3, -0.25) is 9.59 Å². The quantitative estimate of drug-likeness (QED) is 0.514. The summed E-state index contributed by atoms with van der Waals surface area (Å²) in [7, 11) is 3.29. The molecule has 2 heterocycles. The molecule has 0 radical (unpaired) electrons. The van der Waals surface area contributed by atoms with Gasteiger partial charge in [0.05, 0.1) is 11.1 Å². The van der Waals surface area contributed by atoms with Gasteiger partial charge >= 0.3 is 0 Å². The molecule has 0 bridgehead atoms. The van der Waals surface area contributed by atoms with Crippen molar-refractivity contribution in [3.05, 3.63) is 53.1 Å². The first-order valence-electron chi connectivity index (χ1n) is 12.2. The Morgan fingerprint density at radius 3 is 2.61 bits per heavy atom. The van der Waals surface area contributed by atoms with E-state index in [1.54, 1.807) is 19.0 Å². The van der Waals surface area contributed by atoms with Gasteiger partial charge in [-0.2, -0.15) is 4.98 Å². The number of hydrogen-bond acceptors (Lipinski definition) is 7. The van der Waals surface area contributed by atoms with Crippen molar-refractivity contribution in [2.75, 3.05) is 57.0 Å². The fourth-order valence-electron chi connectivity index (χ4n) is 4.47. The van der Waals surface area contributed by atoms with Crippen molar-refractivity contribution in [3.8, 4) is 0 Å². The molecule has 12 heteroatoms. The lowest BCUT2D eigenvalue weighted by atomic mass is 9.92. The molecule has 0 spiro atoms. The third-order valence-corrected chi connectivity index (χ3v) is 6.83. The number of amides is 2. The predicted octanol–water partition coefficient (Wildman–Crippen LogP) is 3.15. The van der Waals surface area contributed by atoms with Gasteiger partial charge in [0.25, 0.3) is 0 Å². The summed E-state index contributed by atoms with van der Waals surface area (Å²) in [5.41, 5.74) is -0.601. The molecule has 2 amide bonds. The van der Waals surface area contributed by atoms with E-state index in [1.165, 1.54) is 29.2 Å². The number of nitrogens with zero attached hydrogens (tertiary/aromatic N) is 5. The molecule has 0 saturated carbocycles. The summed E-state index contributed by atoms with van der Waals surface area (Å²) in [6.07, 6.45) is 2.90. The minimum atomic E-state index is -1.27. The zero-order valence-electron chi connectivity index (χ0n) is 21.2. The second-order valence-electron chi connectivity index (χ2n) is 9.21. The van der Waals surface area contributed by atoms with Gasteiger partial charge in [0, 0.05) is 69.8 Å². The summed E-state index contributed by atoms with van der Waals surface area (Å²) in [5, 5.41) is 13.6. The highest BCUT2D eigenvalue weighted by atomic mass is 35.5. The lowest BCUT2D eigenvalue weighted by Crippen LogP contribution is -2.48. The summed E-state index contributed by atoms with van der Waals surface area (Å²) in [6.45, 7) is 5.36. The molecule has 1 aromatic heterocycles. The first kappa shape index (κ1) is 27.5. The van der Waals surface area contributed by atoms with E-state index >= 15 is 4.39 Å². The van der Waals surface area contributed by atoms with Crippen LogP contribution >= 0.6 is 11.6 Å². The highest BCUT2D eigenvalue weighted by molar-refractivity contribution is 6.33.